The van der Waals surface area contributed by atoms with Crippen LogP contribution in [0.5, 0.6) is 5.75 Å². The first kappa shape index (κ1) is 15.0. The van der Waals surface area contributed by atoms with Gasteiger partial charge in [0, 0.05) is 7.05 Å². The highest BCUT2D eigenvalue weighted by atomic mass is 16.5. The average molecular weight is 287 g/mol. The maximum Gasteiger partial charge on any atom is 0.191 e. The molecule has 2 N–H and O–H groups in total. The standard InChI is InChI=1S/C16H21N3O2/c1-13(21-14-7-4-3-5-8-14)11-18-16(17-2)19-12-15-9-6-10-20-15/h3-10,13H,11-12H2,1-2H3,(H2,17,18,19). The highest BCUT2D eigenvalue weighted by Crippen LogP contribution is 2.10. The number of nitrogens with zero attached hydrogens (tertiary/aromatic N) is 1. The Morgan fingerprint density at radius 2 is 2.00 bits per heavy atom. The van der Waals surface area contributed by atoms with Gasteiger partial charge >= 0.3 is 0 Å². The molecule has 2 aromatic rings. The molecule has 0 amide bonds. The van der Waals surface area contributed by atoms with Crippen molar-refractivity contribution in [3.8, 4) is 5.75 Å². The molecule has 5 heteroatoms. The summed E-state index contributed by atoms with van der Waals surface area (Å²) in [6, 6.07) is 13.6. The molecule has 1 aromatic carbocycles. The normalized spacial score (nSPS) is 12.8. The summed E-state index contributed by atoms with van der Waals surface area (Å²) in [5.74, 6) is 2.45. The van der Waals surface area contributed by atoms with Gasteiger partial charge in [-0.05, 0) is 31.2 Å². The Labute approximate surface area is 125 Å². The summed E-state index contributed by atoms with van der Waals surface area (Å²) >= 11 is 0. The van der Waals surface area contributed by atoms with Gasteiger partial charge in [0.05, 0.1) is 19.4 Å². The molecule has 0 spiro atoms. The van der Waals surface area contributed by atoms with E-state index in [2.05, 4.69) is 15.6 Å². The molecule has 0 fully saturated rings. The minimum absolute atomic E-state index is 0.0366. The lowest BCUT2D eigenvalue weighted by Gasteiger charge is -2.17. The molecular weight excluding hydrogens is 266 g/mol. The molecule has 0 saturated heterocycles. The van der Waals surface area contributed by atoms with Crippen LogP contribution in [0.15, 0.2) is 58.1 Å². The van der Waals surface area contributed by atoms with Crippen molar-refractivity contribution in [1.29, 1.82) is 0 Å². The van der Waals surface area contributed by atoms with Crippen molar-refractivity contribution in [2.75, 3.05) is 13.6 Å². The van der Waals surface area contributed by atoms with Crippen LogP contribution in [0.3, 0.4) is 0 Å². The van der Waals surface area contributed by atoms with Crippen LogP contribution >= 0.6 is 0 Å². The zero-order valence-corrected chi connectivity index (χ0v) is 12.4. The van der Waals surface area contributed by atoms with E-state index in [0.29, 0.717) is 13.1 Å². The third kappa shape index (κ3) is 5.22. The summed E-state index contributed by atoms with van der Waals surface area (Å²) in [5, 5.41) is 6.40. The zero-order chi connectivity index (χ0) is 14.9. The third-order valence-electron chi connectivity index (χ3n) is 2.87. The van der Waals surface area contributed by atoms with E-state index in [1.807, 2.05) is 49.4 Å². The second-order valence-electron chi connectivity index (χ2n) is 4.63. The molecule has 2 rings (SSSR count). The van der Waals surface area contributed by atoms with Gasteiger partial charge < -0.3 is 19.8 Å². The highest BCUT2D eigenvalue weighted by molar-refractivity contribution is 5.79. The van der Waals surface area contributed by atoms with Crippen LogP contribution in [0.4, 0.5) is 0 Å². The van der Waals surface area contributed by atoms with E-state index in [4.69, 9.17) is 9.15 Å². The fourth-order valence-electron chi connectivity index (χ4n) is 1.82. The van der Waals surface area contributed by atoms with E-state index in [1.165, 1.54) is 0 Å². The van der Waals surface area contributed by atoms with Crippen molar-refractivity contribution in [3.63, 3.8) is 0 Å². The van der Waals surface area contributed by atoms with Crippen LogP contribution in [0, 0.1) is 0 Å². The minimum Gasteiger partial charge on any atom is -0.489 e. The van der Waals surface area contributed by atoms with E-state index in [0.717, 1.165) is 17.5 Å². The van der Waals surface area contributed by atoms with Crippen LogP contribution in [0.25, 0.3) is 0 Å². The van der Waals surface area contributed by atoms with E-state index in [9.17, 15) is 0 Å². The van der Waals surface area contributed by atoms with Gasteiger partial charge in [0.25, 0.3) is 0 Å². The largest absolute Gasteiger partial charge is 0.489 e. The Bertz CT molecular complexity index is 538. The number of nitrogens with one attached hydrogen (secondary N) is 2. The second kappa shape index (κ2) is 7.99. The fraction of sp³-hybridized carbons (Fsp3) is 0.312. The molecule has 21 heavy (non-hydrogen) atoms. The summed E-state index contributed by atoms with van der Waals surface area (Å²) in [5.41, 5.74) is 0. The number of para-hydroxylation sites is 1. The Morgan fingerprint density at radius 1 is 1.19 bits per heavy atom. The van der Waals surface area contributed by atoms with Crippen molar-refractivity contribution >= 4 is 5.96 Å². The Hall–Kier alpha value is -2.43. The number of furan rings is 1. The van der Waals surface area contributed by atoms with Crippen LogP contribution in [-0.4, -0.2) is 25.7 Å². The first-order valence-corrected chi connectivity index (χ1v) is 6.96. The van der Waals surface area contributed by atoms with Crippen LogP contribution < -0.4 is 15.4 Å². The quantitative estimate of drug-likeness (QED) is 0.633. The van der Waals surface area contributed by atoms with Crippen LogP contribution in [-0.2, 0) is 6.54 Å². The molecular formula is C16H21N3O2. The lowest BCUT2D eigenvalue weighted by atomic mass is 10.3. The molecule has 0 radical (unpaired) electrons. The lowest BCUT2D eigenvalue weighted by Crippen LogP contribution is -2.41. The monoisotopic (exact) mass is 287 g/mol. The molecule has 0 aliphatic heterocycles. The predicted octanol–water partition coefficient (Wildman–Crippen LogP) is 2.41. The van der Waals surface area contributed by atoms with E-state index in [-0.39, 0.29) is 6.10 Å². The highest BCUT2D eigenvalue weighted by Gasteiger charge is 2.05. The average Bonchev–Trinajstić information content (AvgIpc) is 3.02. The predicted molar refractivity (Wildman–Crippen MR) is 83.4 cm³/mol. The number of guanidine groups is 1. The van der Waals surface area contributed by atoms with Crippen molar-refractivity contribution < 1.29 is 9.15 Å². The van der Waals surface area contributed by atoms with Crippen LogP contribution in [0.1, 0.15) is 12.7 Å². The number of benzene rings is 1. The number of hydrogen-bond acceptors (Lipinski definition) is 3. The Morgan fingerprint density at radius 3 is 2.67 bits per heavy atom. The van der Waals surface area contributed by atoms with Crippen molar-refractivity contribution in [2.24, 2.45) is 4.99 Å². The molecule has 1 atom stereocenters. The summed E-state index contributed by atoms with van der Waals surface area (Å²) in [6.07, 6.45) is 1.69. The molecule has 0 saturated carbocycles. The third-order valence-corrected chi connectivity index (χ3v) is 2.87. The molecule has 0 bridgehead atoms. The van der Waals surface area contributed by atoms with E-state index < -0.39 is 0 Å². The summed E-state index contributed by atoms with van der Waals surface area (Å²) in [6.45, 7) is 3.27. The molecule has 1 unspecified atom stereocenters. The van der Waals surface area contributed by atoms with Crippen molar-refractivity contribution in [3.05, 3.63) is 54.5 Å². The number of rotatable bonds is 6. The van der Waals surface area contributed by atoms with E-state index >= 15 is 0 Å². The first-order valence-electron chi connectivity index (χ1n) is 6.96. The molecule has 112 valence electrons. The van der Waals surface area contributed by atoms with Crippen LogP contribution in [0.2, 0.25) is 0 Å². The SMILES string of the molecule is CN=C(NCc1ccco1)NCC(C)Oc1ccccc1. The summed E-state index contributed by atoms with van der Waals surface area (Å²) in [4.78, 5) is 4.16. The van der Waals surface area contributed by atoms with Gasteiger partial charge in [-0.3, -0.25) is 4.99 Å². The first-order chi connectivity index (χ1) is 10.3. The van der Waals surface area contributed by atoms with Gasteiger partial charge in [0.2, 0.25) is 0 Å². The lowest BCUT2D eigenvalue weighted by molar-refractivity contribution is 0.224. The van der Waals surface area contributed by atoms with Gasteiger partial charge in [-0.15, -0.1) is 0 Å². The number of ether oxygens (including phenoxy) is 1. The Kier molecular flexibility index (Phi) is 5.70. The smallest absolute Gasteiger partial charge is 0.191 e. The van der Waals surface area contributed by atoms with Crippen molar-refractivity contribution in [2.45, 2.75) is 19.6 Å². The number of hydrogen-bond donors (Lipinski definition) is 2. The molecule has 5 nitrogen and oxygen atoms in total. The molecule has 1 aromatic heterocycles. The summed E-state index contributed by atoms with van der Waals surface area (Å²) in [7, 11) is 1.74. The maximum absolute atomic E-state index is 5.80. The maximum atomic E-state index is 5.80. The van der Waals surface area contributed by atoms with Gasteiger partial charge in [-0.2, -0.15) is 0 Å². The van der Waals surface area contributed by atoms with Crippen molar-refractivity contribution in [1.82, 2.24) is 10.6 Å². The van der Waals surface area contributed by atoms with Gasteiger partial charge in [-0.1, -0.05) is 18.2 Å². The minimum atomic E-state index is 0.0366. The second-order valence-corrected chi connectivity index (χ2v) is 4.63. The topological polar surface area (TPSA) is 58.8 Å². The molecule has 0 aliphatic rings. The number of aliphatic imine (C=N–C) groups is 1. The zero-order valence-electron chi connectivity index (χ0n) is 12.4. The molecule has 1 heterocycles. The molecule has 0 aliphatic carbocycles. The van der Waals surface area contributed by atoms with Gasteiger partial charge in [-0.25, -0.2) is 0 Å². The van der Waals surface area contributed by atoms with E-state index in [1.54, 1.807) is 13.3 Å². The Balaban J connectivity index is 1.72. The fourth-order valence-corrected chi connectivity index (χ4v) is 1.82. The summed E-state index contributed by atoms with van der Waals surface area (Å²) < 4.78 is 11.1. The van der Waals surface area contributed by atoms with Gasteiger partial charge in [0.15, 0.2) is 5.96 Å². The van der Waals surface area contributed by atoms with Gasteiger partial charge in [0.1, 0.15) is 17.6 Å².